The monoisotopic (exact) mass is 374 g/mol. The fourth-order valence-electron chi connectivity index (χ4n) is 2.42. The molecule has 0 heterocycles. The Labute approximate surface area is 146 Å². The fourth-order valence-corrected chi connectivity index (χ4v) is 2.69. The summed E-state index contributed by atoms with van der Waals surface area (Å²) < 4.78 is 1.06. The number of hydrogen-bond donors (Lipinski definition) is 2. The summed E-state index contributed by atoms with van der Waals surface area (Å²) >= 11 is 3.44. The summed E-state index contributed by atoms with van der Waals surface area (Å²) in [5.41, 5.74) is 8.76. The van der Waals surface area contributed by atoms with Crippen LogP contribution in [0.4, 0.5) is 5.69 Å². The van der Waals surface area contributed by atoms with Gasteiger partial charge in [-0.3, -0.25) is 4.79 Å². The Morgan fingerprint density at radius 3 is 2.43 bits per heavy atom. The molecule has 2 aromatic rings. The van der Waals surface area contributed by atoms with Gasteiger partial charge in [0.1, 0.15) is 0 Å². The summed E-state index contributed by atoms with van der Waals surface area (Å²) in [4.78, 5) is 12.1. The molecule has 0 aliphatic heterocycles. The predicted molar refractivity (Wildman–Crippen MR) is 99.4 cm³/mol. The van der Waals surface area contributed by atoms with E-state index in [4.69, 9.17) is 5.73 Å². The number of aryl methyl sites for hydroxylation is 1. The Hall–Kier alpha value is -1.81. The quantitative estimate of drug-likeness (QED) is 0.749. The summed E-state index contributed by atoms with van der Waals surface area (Å²) in [6.45, 7) is 4.87. The SMILES string of the molecule is CC(C)(CNC(=O)CCc1ccccc1N)c1ccc(Br)cc1. The summed E-state index contributed by atoms with van der Waals surface area (Å²) in [7, 11) is 0. The number of carbonyl (C=O) groups is 1. The van der Waals surface area contributed by atoms with Gasteiger partial charge in [0.25, 0.3) is 0 Å². The third-order valence-corrected chi connectivity index (χ3v) is 4.56. The minimum atomic E-state index is -0.109. The number of rotatable bonds is 6. The van der Waals surface area contributed by atoms with Crippen molar-refractivity contribution in [2.75, 3.05) is 12.3 Å². The highest BCUT2D eigenvalue weighted by Gasteiger charge is 2.21. The Morgan fingerprint density at radius 2 is 1.78 bits per heavy atom. The molecule has 2 rings (SSSR count). The number of anilines is 1. The minimum absolute atomic E-state index is 0.0541. The Kier molecular flexibility index (Phi) is 5.83. The van der Waals surface area contributed by atoms with E-state index in [1.807, 2.05) is 36.4 Å². The molecule has 0 aliphatic carbocycles. The first-order valence-corrected chi connectivity index (χ1v) is 8.54. The van der Waals surface area contributed by atoms with Gasteiger partial charge in [-0.1, -0.05) is 60.1 Å². The van der Waals surface area contributed by atoms with Gasteiger partial charge in [0.15, 0.2) is 0 Å². The largest absolute Gasteiger partial charge is 0.399 e. The van der Waals surface area contributed by atoms with Crippen molar-refractivity contribution in [2.24, 2.45) is 0 Å². The number of nitrogen functional groups attached to an aromatic ring is 1. The van der Waals surface area contributed by atoms with Gasteiger partial charge in [-0.15, -0.1) is 0 Å². The molecule has 0 aliphatic rings. The summed E-state index contributed by atoms with van der Waals surface area (Å²) in [6, 6.07) is 15.9. The predicted octanol–water partition coefficient (Wildman–Crippen LogP) is 4.06. The van der Waals surface area contributed by atoms with Gasteiger partial charge in [0, 0.05) is 28.5 Å². The normalized spacial score (nSPS) is 11.3. The molecular weight excluding hydrogens is 352 g/mol. The van der Waals surface area contributed by atoms with Gasteiger partial charge < -0.3 is 11.1 Å². The number of hydrogen-bond acceptors (Lipinski definition) is 2. The average Bonchev–Trinajstić information content (AvgIpc) is 2.53. The van der Waals surface area contributed by atoms with Crippen molar-refractivity contribution in [3.63, 3.8) is 0 Å². The number of halogens is 1. The first kappa shape index (κ1) is 17.5. The van der Waals surface area contributed by atoms with Crippen LogP contribution in [0.15, 0.2) is 53.0 Å². The van der Waals surface area contributed by atoms with Crippen molar-refractivity contribution in [3.05, 3.63) is 64.1 Å². The Balaban J connectivity index is 1.86. The van der Waals surface area contributed by atoms with E-state index in [-0.39, 0.29) is 11.3 Å². The third-order valence-electron chi connectivity index (χ3n) is 4.03. The van der Waals surface area contributed by atoms with Crippen LogP contribution in [-0.2, 0) is 16.6 Å². The maximum absolute atomic E-state index is 12.1. The van der Waals surface area contributed by atoms with Crippen molar-refractivity contribution in [3.8, 4) is 0 Å². The third kappa shape index (κ3) is 5.10. The molecule has 0 saturated carbocycles. The van der Waals surface area contributed by atoms with Crippen molar-refractivity contribution < 1.29 is 4.79 Å². The molecule has 0 saturated heterocycles. The molecule has 0 fully saturated rings. The van der Waals surface area contributed by atoms with Gasteiger partial charge in [-0.25, -0.2) is 0 Å². The van der Waals surface area contributed by atoms with Crippen LogP contribution in [0, 0.1) is 0 Å². The van der Waals surface area contributed by atoms with Crippen LogP contribution in [0.5, 0.6) is 0 Å². The first-order valence-electron chi connectivity index (χ1n) is 7.74. The molecule has 1 amide bonds. The molecule has 122 valence electrons. The molecule has 0 bridgehead atoms. The first-order chi connectivity index (χ1) is 10.9. The second-order valence-corrected chi connectivity index (χ2v) is 7.28. The van der Waals surface area contributed by atoms with E-state index in [0.717, 1.165) is 15.7 Å². The van der Waals surface area contributed by atoms with E-state index in [2.05, 4.69) is 47.2 Å². The molecule has 0 spiro atoms. The summed E-state index contributed by atoms with van der Waals surface area (Å²) in [6.07, 6.45) is 1.11. The fraction of sp³-hybridized carbons (Fsp3) is 0.316. The molecule has 0 aromatic heterocycles. The van der Waals surface area contributed by atoms with E-state index < -0.39 is 0 Å². The second-order valence-electron chi connectivity index (χ2n) is 6.37. The van der Waals surface area contributed by atoms with Gasteiger partial charge >= 0.3 is 0 Å². The van der Waals surface area contributed by atoms with E-state index in [9.17, 15) is 4.79 Å². The number of amides is 1. The van der Waals surface area contributed by atoms with E-state index in [1.54, 1.807) is 0 Å². The standard InChI is InChI=1S/C19H23BrN2O/c1-19(2,15-8-10-16(20)11-9-15)13-22-18(23)12-7-14-5-3-4-6-17(14)21/h3-6,8-11H,7,12-13,21H2,1-2H3,(H,22,23). The smallest absolute Gasteiger partial charge is 0.220 e. The maximum atomic E-state index is 12.1. The average molecular weight is 375 g/mol. The van der Waals surface area contributed by atoms with Crippen LogP contribution in [0.25, 0.3) is 0 Å². The molecule has 0 unspecified atom stereocenters. The summed E-state index contributed by atoms with van der Waals surface area (Å²) in [5.74, 6) is 0.0541. The zero-order chi connectivity index (χ0) is 16.9. The van der Waals surface area contributed by atoms with E-state index in [0.29, 0.717) is 19.4 Å². The molecule has 0 radical (unpaired) electrons. The molecule has 23 heavy (non-hydrogen) atoms. The zero-order valence-electron chi connectivity index (χ0n) is 13.6. The number of benzene rings is 2. The molecule has 2 aromatic carbocycles. The lowest BCUT2D eigenvalue weighted by molar-refractivity contribution is -0.121. The summed E-state index contributed by atoms with van der Waals surface area (Å²) in [5, 5.41) is 3.03. The highest BCUT2D eigenvalue weighted by molar-refractivity contribution is 9.10. The molecule has 3 nitrogen and oxygen atoms in total. The van der Waals surface area contributed by atoms with Crippen molar-refractivity contribution in [1.29, 1.82) is 0 Å². The van der Waals surface area contributed by atoms with Crippen molar-refractivity contribution >= 4 is 27.5 Å². The topological polar surface area (TPSA) is 55.1 Å². The van der Waals surface area contributed by atoms with Crippen LogP contribution in [0.1, 0.15) is 31.4 Å². The number of carbonyl (C=O) groups excluding carboxylic acids is 1. The Bertz CT molecular complexity index is 665. The molecule has 0 atom stereocenters. The van der Waals surface area contributed by atoms with Crippen molar-refractivity contribution in [1.82, 2.24) is 5.32 Å². The van der Waals surface area contributed by atoms with Crippen LogP contribution in [0.2, 0.25) is 0 Å². The van der Waals surface area contributed by atoms with E-state index in [1.165, 1.54) is 5.56 Å². The minimum Gasteiger partial charge on any atom is -0.399 e. The highest BCUT2D eigenvalue weighted by atomic mass is 79.9. The lowest BCUT2D eigenvalue weighted by Gasteiger charge is -2.25. The van der Waals surface area contributed by atoms with Crippen LogP contribution >= 0.6 is 15.9 Å². The lowest BCUT2D eigenvalue weighted by Crippen LogP contribution is -2.36. The highest BCUT2D eigenvalue weighted by Crippen LogP contribution is 2.24. The molecule has 4 heteroatoms. The molecular formula is C19H23BrN2O. The second kappa shape index (κ2) is 7.64. The maximum Gasteiger partial charge on any atom is 0.220 e. The lowest BCUT2D eigenvalue weighted by atomic mass is 9.84. The van der Waals surface area contributed by atoms with Gasteiger partial charge in [-0.2, -0.15) is 0 Å². The van der Waals surface area contributed by atoms with E-state index >= 15 is 0 Å². The van der Waals surface area contributed by atoms with Crippen molar-refractivity contribution in [2.45, 2.75) is 32.1 Å². The van der Waals surface area contributed by atoms with Gasteiger partial charge in [-0.05, 0) is 35.7 Å². The van der Waals surface area contributed by atoms with Crippen LogP contribution in [-0.4, -0.2) is 12.5 Å². The van der Waals surface area contributed by atoms with Gasteiger partial charge in [0.2, 0.25) is 5.91 Å². The zero-order valence-corrected chi connectivity index (χ0v) is 15.2. The number of nitrogens with one attached hydrogen (secondary N) is 1. The van der Waals surface area contributed by atoms with Crippen LogP contribution in [0.3, 0.4) is 0 Å². The van der Waals surface area contributed by atoms with Gasteiger partial charge in [0.05, 0.1) is 0 Å². The Morgan fingerprint density at radius 1 is 1.13 bits per heavy atom. The number of nitrogens with two attached hydrogens (primary N) is 1. The molecule has 3 N–H and O–H groups in total. The van der Waals surface area contributed by atoms with Crippen LogP contribution < -0.4 is 11.1 Å². The number of para-hydroxylation sites is 1.